The van der Waals surface area contributed by atoms with Crippen LogP contribution in [-0.2, 0) is 11.2 Å². The first kappa shape index (κ1) is 15.3. The van der Waals surface area contributed by atoms with E-state index in [0.29, 0.717) is 0 Å². The van der Waals surface area contributed by atoms with Crippen LogP contribution in [0.25, 0.3) is 0 Å². The fraction of sp³-hybridized carbons (Fsp3) is 0.647. The molecule has 0 bridgehead atoms. The minimum absolute atomic E-state index is 0.0789. The van der Waals surface area contributed by atoms with Crippen LogP contribution in [0.1, 0.15) is 51.3 Å². The third kappa shape index (κ3) is 3.15. The topological polar surface area (TPSA) is 30.5 Å². The van der Waals surface area contributed by atoms with Gasteiger partial charge in [0, 0.05) is 6.42 Å². The average molecular weight is 277 g/mol. The molecule has 0 heterocycles. The molecule has 112 valence electrons. The SMILES string of the molecule is CCNC1c2cc(OC)ccc2CC1OC(C)(C)CC. The van der Waals surface area contributed by atoms with E-state index in [4.69, 9.17) is 9.47 Å². The van der Waals surface area contributed by atoms with E-state index < -0.39 is 0 Å². The highest BCUT2D eigenvalue weighted by molar-refractivity contribution is 5.42. The molecule has 2 rings (SSSR count). The molecule has 1 aromatic rings. The van der Waals surface area contributed by atoms with E-state index in [1.165, 1.54) is 11.1 Å². The van der Waals surface area contributed by atoms with E-state index in [1.54, 1.807) is 7.11 Å². The summed E-state index contributed by atoms with van der Waals surface area (Å²) < 4.78 is 11.7. The smallest absolute Gasteiger partial charge is 0.119 e. The van der Waals surface area contributed by atoms with Crippen LogP contribution in [0.3, 0.4) is 0 Å². The maximum Gasteiger partial charge on any atom is 0.119 e. The van der Waals surface area contributed by atoms with Crippen LogP contribution in [0.5, 0.6) is 5.75 Å². The van der Waals surface area contributed by atoms with Crippen molar-refractivity contribution in [3.05, 3.63) is 29.3 Å². The molecular formula is C17H27NO2. The second kappa shape index (κ2) is 6.15. The van der Waals surface area contributed by atoms with Gasteiger partial charge < -0.3 is 14.8 Å². The van der Waals surface area contributed by atoms with Gasteiger partial charge in [-0.25, -0.2) is 0 Å². The third-order valence-electron chi connectivity index (χ3n) is 4.23. The lowest BCUT2D eigenvalue weighted by Crippen LogP contribution is -2.37. The van der Waals surface area contributed by atoms with Crippen molar-refractivity contribution < 1.29 is 9.47 Å². The minimum Gasteiger partial charge on any atom is -0.497 e. The monoisotopic (exact) mass is 277 g/mol. The Balaban J connectivity index is 2.24. The zero-order valence-electron chi connectivity index (χ0n) is 13.3. The predicted octanol–water partition coefficient (Wildman–Crippen LogP) is 3.48. The molecule has 1 aromatic carbocycles. The number of hydrogen-bond acceptors (Lipinski definition) is 3. The number of fused-ring (bicyclic) bond motifs is 1. The van der Waals surface area contributed by atoms with Gasteiger partial charge in [-0.05, 0) is 50.1 Å². The summed E-state index contributed by atoms with van der Waals surface area (Å²) in [6.07, 6.45) is 2.19. The first-order valence-electron chi connectivity index (χ1n) is 7.58. The molecule has 0 saturated carbocycles. The van der Waals surface area contributed by atoms with E-state index in [2.05, 4.69) is 45.1 Å². The molecule has 3 nitrogen and oxygen atoms in total. The van der Waals surface area contributed by atoms with Crippen molar-refractivity contribution >= 4 is 0 Å². The zero-order valence-corrected chi connectivity index (χ0v) is 13.3. The Morgan fingerprint density at radius 3 is 2.65 bits per heavy atom. The third-order valence-corrected chi connectivity index (χ3v) is 4.23. The molecule has 2 atom stereocenters. The molecule has 2 unspecified atom stereocenters. The molecule has 3 heteroatoms. The van der Waals surface area contributed by atoms with Crippen molar-refractivity contribution in [2.24, 2.45) is 0 Å². The highest BCUT2D eigenvalue weighted by atomic mass is 16.5. The lowest BCUT2D eigenvalue weighted by molar-refractivity contribution is -0.0826. The fourth-order valence-corrected chi connectivity index (χ4v) is 2.77. The van der Waals surface area contributed by atoms with Gasteiger partial charge >= 0.3 is 0 Å². The van der Waals surface area contributed by atoms with Crippen LogP contribution in [-0.4, -0.2) is 25.4 Å². The van der Waals surface area contributed by atoms with Gasteiger partial charge in [0.1, 0.15) is 5.75 Å². The molecule has 0 spiro atoms. The summed E-state index contributed by atoms with van der Waals surface area (Å²) in [5.41, 5.74) is 2.61. The lowest BCUT2D eigenvalue weighted by Gasteiger charge is -2.31. The maximum atomic E-state index is 6.37. The predicted molar refractivity (Wildman–Crippen MR) is 82.4 cm³/mol. The van der Waals surface area contributed by atoms with Crippen molar-refractivity contribution in [1.82, 2.24) is 5.32 Å². The van der Waals surface area contributed by atoms with E-state index in [-0.39, 0.29) is 17.7 Å². The summed E-state index contributed by atoms with van der Waals surface area (Å²) in [5.74, 6) is 0.919. The molecule has 0 fully saturated rings. The molecule has 1 aliphatic carbocycles. The molecule has 20 heavy (non-hydrogen) atoms. The molecule has 1 N–H and O–H groups in total. The molecular weight excluding hydrogens is 250 g/mol. The molecule has 0 aromatic heterocycles. The van der Waals surface area contributed by atoms with Gasteiger partial charge in [-0.2, -0.15) is 0 Å². The standard InChI is InChI=1S/C17H27NO2/c1-6-17(3,4)20-15-10-12-8-9-13(19-5)11-14(12)16(15)18-7-2/h8-9,11,15-16,18H,6-7,10H2,1-5H3. The highest BCUT2D eigenvalue weighted by Gasteiger charge is 2.36. The Hall–Kier alpha value is -1.06. The normalized spacial score (nSPS) is 21.9. The van der Waals surface area contributed by atoms with Gasteiger partial charge in [0.15, 0.2) is 0 Å². The van der Waals surface area contributed by atoms with E-state index >= 15 is 0 Å². The van der Waals surface area contributed by atoms with Gasteiger partial charge in [-0.3, -0.25) is 0 Å². The van der Waals surface area contributed by atoms with Crippen molar-refractivity contribution in [3.63, 3.8) is 0 Å². The average Bonchev–Trinajstić information content (AvgIpc) is 2.76. The van der Waals surface area contributed by atoms with Crippen LogP contribution < -0.4 is 10.1 Å². The Bertz CT molecular complexity index is 456. The largest absolute Gasteiger partial charge is 0.497 e. The molecule has 0 aliphatic heterocycles. The van der Waals surface area contributed by atoms with Crippen molar-refractivity contribution in [3.8, 4) is 5.75 Å². The number of methoxy groups -OCH3 is 1. The minimum atomic E-state index is -0.0789. The summed E-state index contributed by atoms with van der Waals surface area (Å²) in [4.78, 5) is 0. The van der Waals surface area contributed by atoms with Crippen LogP contribution in [0, 0.1) is 0 Å². The van der Waals surface area contributed by atoms with Crippen LogP contribution in [0.2, 0.25) is 0 Å². The first-order chi connectivity index (χ1) is 9.50. The Morgan fingerprint density at radius 2 is 2.05 bits per heavy atom. The van der Waals surface area contributed by atoms with E-state index in [0.717, 1.165) is 25.1 Å². The quantitative estimate of drug-likeness (QED) is 0.863. The Labute approximate surface area is 122 Å². The van der Waals surface area contributed by atoms with E-state index in [9.17, 15) is 0 Å². The number of nitrogens with one attached hydrogen (secondary N) is 1. The summed E-state index contributed by atoms with van der Waals surface area (Å²) in [5, 5.41) is 3.57. The van der Waals surface area contributed by atoms with Crippen LogP contribution >= 0.6 is 0 Å². The van der Waals surface area contributed by atoms with Gasteiger partial charge in [-0.1, -0.05) is 19.9 Å². The van der Waals surface area contributed by atoms with E-state index in [1.807, 2.05) is 6.07 Å². The van der Waals surface area contributed by atoms with Crippen LogP contribution in [0.4, 0.5) is 0 Å². The maximum absolute atomic E-state index is 6.37. The van der Waals surface area contributed by atoms with Gasteiger partial charge in [0.2, 0.25) is 0 Å². The number of rotatable bonds is 6. The lowest BCUT2D eigenvalue weighted by atomic mass is 10.0. The zero-order chi connectivity index (χ0) is 14.8. The highest BCUT2D eigenvalue weighted by Crippen LogP contribution is 2.37. The number of ether oxygens (including phenoxy) is 2. The summed E-state index contributed by atoms with van der Waals surface area (Å²) in [6, 6.07) is 6.61. The van der Waals surface area contributed by atoms with Crippen molar-refractivity contribution in [2.45, 2.75) is 58.3 Å². The summed E-state index contributed by atoms with van der Waals surface area (Å²) in [7, 11) is 1.72. The van der Waals surface area contributed by atoms with Crippen LogP contribution in [0.15, 0.2) is 18.2 Å². The second-order valence-corrected chi connectivity index (χ2v) is 6.07. The molecule has 0 radical (unpaired) electrons. The molecule has 0 amide bonds. The molecule has 0 saturated heterocycles. The summed E-state index contributed by atoms with van der Waals surface area (Å²) >= 11 is 0. The number of likely N-dealkylation sites (N-methyl/N-ethyl adjacent to an activating group) is 1. The van der Waals surface area contributed by atoms with Gasteiger partial charge in [0.25, 0.3) is 0 Å². The second-order valence-electron chi connectivity index (χ2n) is 6.07. The Morgan fingerprint density at radius 1 is 1.30 bits per heavy atom. The molecule has 1 aliphatic rings. The van der Waals surface area contributed by atoms with Gasteiger partial charge in [-0.15, -0.1) is 0 Å². The number of hydrogen-bond donors (Lipinski definition) is 1. The fourth-order valence-electron chi connectivity index (χ4n) is 2.77. The first-order valence-corrected chi connectivity index (χ1v) is 7.58. The Kier molecular flexibility index (Phi) is 4.71. The van der Waals surface area contributed by atoms with Crippen molar-refractivity contribution in [2.75, 3.05) is 13.7 Å². The number of benzene rings is 1. The summed E-state index contributed by atoms with van der Waals surface area (Å²) in [6.45, 7) is 9.58. The van der Waals surface area contributed by atoms with Crippen molar-refractivity contribution in [1.29, 1.82) is 0 Å². The van der Waals surface area contributed by atoms with Gasteiger partial charge in [0.05, 0.1) is 24.9 Å².